The second kappa shape index (κ2) is 4.32. The Hall–Kier alpha value is -0.240. The summed E-state index contributed by atoms with van der Waals surface area (Å²) in [6, 6.07) is 3.80. The van der Waals surface area contributed by atoms with Crippen molar-refractivity contribution in [1.82, 2.24) is 0 Å². The van der Waals surface area contributed by atoms with E-state index in [1.54, 1.807) is 0 Å². The van der Waals surface area contributed by atoms with Crippen molar-refractivity contribution in [2.24, 2.45) is 0 Å². The lowest BCUT2D eigenvalue weighted by molar-refractivity contribution is 0.0995. The Morgan fingerprint density at radius 1 is 1.07 bits per heavy atom. The zero-order valence-electron chi connectivity index (χ0n) is 8.70. The van der Waals surface area contributed by atoms with E-state index in [1.807, 2.05) is 32.9 Å². The van der Waals surface area contributed by atoms with Gasteiger partial charge in [-0.05, 0) is 31.9 Å². The van der Waals surface area contributed by atoms with Gasteiger partial charge in [0, 0.05) is 5.56 Å². The minimum atomic E-state index is -1.88. The van der Waals surface area contributed by atoms with Gasteiger partial charge in [0.25, 0.3) is 3.79 Å². The van der Waals surface area contributed by atoms with Crippen LogP contribution in [0.2, 0.25) is 0 Å². The van der Waals surface area contributed by atoms with Crippen LogP contribution in [0.1, 0.15) is 27.0 Å². The van der Waals surface area contributed by atoms with Gasteiger partial charge in [-0.25, -0.2) is 0 Å². The number of rotatable bonds is 1. The molecule has 0 atom stereocenters. The van der Waals surface area contributed by atoms with Crippen molar-refractivity contribution in [3.05, 3.63) is 34.4 Å². The predicted octanol–water partition coefficient (Wildman–Crippen LogP) is 4.16. The molecule has 0 bridgehead atoms. The quantitative estimate of drug-likeness (QED) is 0.550. The van der Waals surface area contributed by atoms with Gasteiger partial charge in [0.1, 0.15) is 0 Å². The van der Waals surface area contributed by atoms with Crippen molar-refractivity contribution in [2.45, 2.75) is 24.6 Å². The zero-order valence-corrected chi connectivity index (χ0v) is 11.0. The Labute approximate surface area is 104 Å². The van der Waals surface area contributed by atoms with E-state index < -0.39 is 9.58 Å². The van der Waals surface area contributed by atoms with Crippen LogP contribution in [0.25, 0.3) is 0 Å². The molecule has 0 saturated carbocycles. The molecule has 0 heterocycles. The highest BCUT2D eigenvalue weighted by Gasteiger charge is 2.33. The smallest absolute Gasteiger partial charge is 0.253 e. The van der Waals surface area contributed by atoms with Crippen LogP contribution in [0.3, 0.4) is 0 Å². The molecule has 0 aliphatic carbocycles. The lowest BCUT2D eigenvalue weighted by Gasteiger charge is -2.14. The minimum Gasteiger partial charge on any atom is -0.289 e. The predicted molar refractivity (Wildman–Crippen MR) is 65.3 cm³/mol. The molecule has 4 heteroatoms. The first-order chi connectivity index (χ1) is 6.73. The van der Waals surface area contributed by atoms with Crippen molar-refractivity contribution in [3.8, 4) is 0 Å². The SMILES string of the molecule is Cc1cc(C)c(C(=O)C(Cl)(Cl)Cl)c(C)c1. The van der Waals surface area contributed by atoms with E-state index in [4.69, 9.17) is 34.8 Å². The van der Waals surface area contributed by atoms with Gasteiger partial charge < -0.3 is 0 Å². The van der Waals surface area contributed by atoms with Crippen LogP contribution in [0.15, 0.2) is 12.1 Å². The van der Waals surface area contributed by atoms with E-state index >= 15 is 0 Å². The Bertz CT molecular complexity index is 382. The third-order valence-corrected chi connectivity index (χ3v) is 2.68. The molecule has 0 aromatic heterocycles. The highest BCUT2D eigenvalue weighted by Crippen LogP contribution is 2.32. The maximum atomic E-state index is 11.8. The second-order valence-corrected chi connectivity index (χ2v) is 5.88. The fraction of sp³-hybridized carbons (Fsp3) is 0.364. The van der Waals surface area contributed by atoms with E-state index in [1.165, 1.54) is 0 Å². The zero-order chi connectivity index (χ0) is 11.8. The molecular formula is C11H11Cl3O. The number of aryl methyl sites for hydroxylation is 3. The third kappa shape index (κ3) is 2.87. The van der Waals surface area contributed by atoms with Crippen molar-refractivity contribution < 1.29 is 4.79 Å². The first-order valence-corrected chi connectivity index (χ1v) is 5.56. The molecule has 82 valence electrons. The third-order valence-electron chi connectivity index (χ3n) is 2.16. The summed E-state index contributed by atoms with van der Waals surface area (Å²) in [5, 5.41) is 0. The molecule has 0 saturated heterocycles. The maximum absolute atomic E-state index is 11.8. The van der Waals surface area contributed by atoms with Crippen LogP contribution in [0.5, 0.6) is 0 Å². The first-order valence-electron chi connectivity index (χ1n) is 4.43. The van der Waals surface area contributed by atoms with Gasteiger partial charge in [-0.15, -0.1) is 0 Å². The van der Waals surface area contributed by atoms with E-state index in [2.05, 4.69) is 0 Å². The summed E-state index contributed by atoms with van der Waals surface area (Å²) in [7, 11) is 0. The van der Waals surface area contributed by atoms with Gasteiger partial charge in [-0.1, -0.05) is 52.5 Å². The molecule has 1 rings (SSSR count). The molecule has 0 unspecified atom stereocenters. The monoisotopic (exact) mass is 264 g/mol. The number of hydrogen-bond donors (Lipinski definition) is 0. The Morgan fingerprint density at radius 3 is 1.80 bits per heavy atom. The average molecular weight is 266 g/mol. The standard InChI is InChI=1S/C11H11Cl3O/c1-6-4-7(2)9(8(3)5-6)10(15)11(12,13)14/h4-5H,1-3H3. The van der Waals surface area contributed by atoms with Crippen LogP contribution in [-0.4, -0.2) is 9.58 Å². The molecule has 0 amide bonds. The number of carbonyl (C=O) groups excluding carboxylic acids is 1. The van der Waals surface area contributed by atoms with Crippen molar-refractivity contribution in [3.63, 3.8) is 0 Å². The topological polar surface area (TPSA) is 17.1 Å². The minimum absolute atomic E-state index is 0.470. The van der Waals surface area contributed by atoms with Crippen molar-refractivity contribution >= 4 is 40.6 Å². The average Bonchev–Trinajstić information content (AvgIpc) is 1.99. The fourth-order valence-corrected chi connectivity index (χ4v) is 1.96. The molecule has 15 heavy (non-hydrogen) atoms. The van der Waals surface area contributed by atoms with E-state index in [-0.39, 0.29) is 0 Å². The Morgan fingerprint density at radius 2 is 1.47 bits per heavy atom. The molecule has 1 nitrogen and oxygen atoms in total. The first kappa shape index (κ1) is 12.8. The number of alkyl halides is 3. The second-order valence-electron chi connectivity index (χ2n) is 3.60. The van der Waals surface area contributed by atoms with Crippen LogP contribution >= 0.6 is 34.8 Å². The number of hydrogen-bond acceptors (Lipinski definition) is 1. The van der Waals surface area contributed by atoms with Gasteiger partial charge in [-0.3, -0.25) is 4.79 Å². The number of halogens is 3. The lowest BCUT2D eigenvalue weighted by Crippen LogP contribution is -2.21. The Kier molecular flexibility index (Phi) is 3.70. The van der Waals surface area contributed by atoms with Gasteiger partial charge in [0.05, 0.1) is 0 Å². The van der Waals surface area contributed by atoms with E-state index in [9.17, 15) is 4.79 Å². The summed E-state index contributed by atoms with van der Waals surface area (Å²) in [6.07, 6.45) is 0. The molecule has 0 radical (unpaired) electrons. The summed E-state index contributed by atoms with van der Waals surface area (Å²) in [5.74, 6) is -0.470. The van der Waals surface area contributed by atoms with Crippen LogP contribution in [-0.2, 0) is 0 Å². The summed E-state index contributed by atoms with van der Waals surface area (Å²) < 4.78 is -1.88. The Balaban J connectivity index is 3.33. The van der Waals surface area contributed by atoms with Crippen molar-refractivity contribution in [1.29, 1.82) is 0 Å². The van der Waals surface area contributed by atoms with Crippen LogP contribution in [0.4, 0.5) is 0 Å². The largest absolute Gasteiger partial charge is 0.289 e. The molecular weight excluding hydrogens is 254 g/mol. The van der Waals surface area contributed by atoms with Gasteiger partial charge in [0.15, 0.2) is 0 Å². The summed E-state index contributed by atoms with van der Waals surface area (Å²) in [5.41, 5.74) is 3.26. The van der Waals surface area contributed by atoms with Gasteiger partial charge in [0.2, 0.25) is 5.78 Å². The molecule has 0 N–H and O–H groups in total. The maximum Gasteiger partial charge on any atom is 0.253 e. The summed E-state index contributed by atoms with van der Waals surface area (Å²) in [4.78, 5) is 11.8. The molecule has 0 aliphatic rings. The molecule has 0 spiro atoms. The molecule has 1 aromatic carbocycles. The normalized spacial score (nSPS) is 11.6. The van der Waals surface area contributed by atoms with Crippen molar-refractivity contribution in [2.75, 3.05) is 0 Å². The fourth-order valence-electron chi connectivity index (χ4n) is 1.68. The highest BCUT2D eigenvalue weighted by atomic mass is 35.6. The molecule has 0 aliphatic heterocycles. The highest BCUT2D eigenvalue weighted by molar-refractivity contribution is 6.77. The van der Waals surface area contributed by atoms with Gasteiger partial charge >= 0.3 is 0 Å². The number of benzene rings is 1. The number of carbonyl (C=O) groups is 1. The number of ketones is 1. The van der Waals surface area contributed by atoms with Crippen LogP contribution < -0.4 is 0 Å². The summed E-state index contributed by atoms with van der Waals surface area (Å²) in [6.45, 7) is 5.64. The number of Topliss-reactive ketones (excluding diaryl/α,β-unsaturated/α-hetero) is 1. The van der Waals surface area contributed by atoms with Crippen LogP contribution in [0, 0.1) is 20.8 Å². The van der Waals surface area contributed by atoms with Gasteiger partial charge in [-0.2, -0.15) is 0 Å². The molecule has 0 fully saturated rings. The molecule has 1 aromatic rings. The summed E-state index contributed by atoms with van der Waals surface area (Å²) >= 11 is 16.7. The van der Waals surface area contributed by atoms with E-state index in [0.29, 0.717) is 5.56 Å². The lowest BCUT2D eigenvalue weighted by atomic mass is 9.97. The van der Waals surface area contributed by atoms with E-state index in [0.717, 1.165) is 16.7 Å².